The number of amides is 2. The molecule has 0 spiro atoms. The summed E-state index contributed by atoms with van der Waals surface area (Å²) in [5.41, 5.74) is 1.79. The van der Waals surface area contributed by atoms with Gasteiger partial charge in [-0.15, -0.1) is 0 Å². The number of carbonyl (C=O) groups excluding carboxylic acids is 2. The zero-order chi connectivity index (χ0) is 21.0. The van der Waals surface area contributed by atoms with Crippen LogP contribution in [0.3, 0.4) is 0 Å². The minimum Gasteiger partial charge on any atom is -0.490 e. The van der Waals surface area contributed by atoms with Crippen molar-refractivity contribution in [2.24, 2.45) is 0 Å². The van der Waals surface area contributed by atoms with Gasteiger partial charge in [0.05, 0.1) is 12.0 Å². The van der Waals surface area contributed by atoms with Crippen LogP contribution in [0.2, 0.25) is 0 Å². The number of hydrogen-bond acceptors (Lipinski definition) is 5. The number of carbonyl (C=O) groups is 2. The van der Waals surface area contributed by atoms with Crippen molar-refractivity contribution in [2.45, 2.75) is 13.3 Å². The van der Waals surface area contributed by atoms with Crippen molar-refractivity contribution >= 4 is 17.5 Å². The Kier molecular flexibility index (Phi) is 6.11. The predicted octanol–water partition coefficient (Wildman–Crippen LogP) is 2.76. The van der Waals surface area contributed by atoms with Crippen molar-refractivity contribution in [1.82, 2.24) is 9.80 Å². The first-order chi connectivity index (χ1) is 13.9. The Balaban J connectivity index is 1.65. The van der Waals surface area contributed by atoms with E-state index in [0.29, 0.717) is 31.7 Å². The van der Waals surface area contributed by atoms with Crippen molar-refractivity contribution in [3.05, 3.63) is 69.3 Å². The lowest BCUT2D eigenvalue weighted by molar-refractivity contribution is -0.385. The SMILES string of the molecule is CCc1ccc(C(=O)N2CCN(C(=O)c3ccc(OC)c([N+](=O)[O-])c3)CC2)cc1. The summed E-state index contributed by atoms with van der Waals surface area (Å²) in [6.45, 7) is 3.64. The fraction of sp³-hybridized carbons (Fsp3) is 0.333. The maximum Gasteiger partial charge on any atom is 0.311 e. The number of nitro groups is 1. The molecular weight excluding hydrogens is 374 g/mol. The van der Waals surface area contributed by atoms with Gasteiger partial charge in [0, 0.05) is 43.4 Å². The van der Waals surface area contributed by atoms with Crippen LogP contribution in [0.4, 0.5) is 5.69 Å². The second-order valence-electron chi connectivity index (χ2n) is 6.78. The molecule has 0 aromatic heterocycles. The minimum atomic E-state index is -0.573. The molecule has 152 valence electrons. The summed E-state index contributed by atoms with van der Waals surface area (Å²) in [6.07, 6.45) is 0.915. The molecule has 0 atom stereocenters. The molecule has 8 heteroatoms. The third kappa shape index (κ3) is 4.37. The van der Waals surface area contributed by atoms with E-state index in [1.54, 1.807) is 9.80 Å². The number of nitro benzene ring substituents is 1. The van der Waals surface area contributed by atoms with Gasteiger partial charge in [-0.1, -0.05) is 19.1 Å². The summed E-state index contributed by atoms with van der Waals surface area (Å²) in [7, 11) is 1.34. The van der Waals surface area contributed by atoms with Gasteiger partial charge >= 0.3 is 5.69 Å². The highest BCUT2D eigenvalue weighted by Crippen LogP contribution is 2.28. The molecule has 2 aromatic rings. The number of methoxy groups -OCH3 is 1. The standard InChI is InChI=1S/C21H23N3O5/c1-3-15-4-6-16(7-5-15)20(25)22-10-12-23(13-11-22)21(26)17-8-9-19(29-2)18(14-17)24(27)28/h4-9,14H,3,10-13H2,1-2H3. The monoisotopic (exact) mass is 397 g/mol. The fourth-order valence-electron chi connectivity index (χ4n) is 3.33. The van der Waals surface area contributed by atoms with E-state index in [4.69, 9.17) is 4.74 Å². The number of benzene rings is 2. The van der Waals surface area contributed by atoms with E-state index in [1.807, 2.05) is 24.3 Å². The van der Waals surface area contributed by atoms with Crippen LogP contribution in [0.25, 0.3) is 0 Å². The quantitative estimate of drug-likeness (QED) is 0.571. The van der Waals surface area contributed by atoms with Crippen LogP contribution >= 0.6 is 0 Å². The molecule has 0 aliphatic carbocycles. The number of ether oxygens (including phenoxy) is 1. The van der Waals surface area contributed by atoms with Gasteiger partial charge in [0.25, 0.3) is 11.8 Å². The highest BCUT2D eigenvalue weighted by atomic mass is 16.6. The molecule has 2 aromatic carbocycles. The van der Waals surface area contributed by atoms with Crippen molar-refractivity contribution in [3.63, 3.8) is 0 Å². The Labute approximate surface area is 168 Å². The van der Waals surface area contributed by atoms with E-state index in [1.165, 1.54) is 30.9 Å². The van der Waals surface area contributed by atoms with E-state index in [-0.39, 0.29) is 28.8 Å². The summed E-state index contributed by atoms with van der Waals surface area (Å²) in [5.74, 6) is -0.244. The lowest BCUT2D eigenvalue weighted by atomic mass is 10.1. The van der Waals surface area contributed by atoms with Gasteiger partial charge in [-0.3, -0.25) is 19.7 Å². The van der Waals surface area contributed by atoms with Crippen LogP contribution < -0.4 is 4.74 Å². The molecule has 1 fully saturated rings. The maximum absolute atomic E-state index is 12.8. The zero-order valence-corrected chi connectivity index (χ0v) is 16.5. The Morgan fingerprint density at radius 2 is 1.48 bits per heavy atom. The van der Waals surface area contributed by atoms with Crippen LogP contribution in [-0.4, -0.2) is 59.8 Å². The third-order valence-corrected chi connectivity index (χ3v) is 5.09. The topological polar surface area (TPSA) is 93.0 Å². The van der Waals surface area contributed by atoms with Gasteiger partial charge in [0.1, 0.15) is 0 Å². The molecule has 0 N–H and O–H groups in total. The number of piperazine rings is 1. The van der Waals surface area contributed by atoms with Gasteiger partial charge in [-0.05, 0) is 36.2 Å². The van der Waals surface area contributed by atoms with Gasteiger partial charge in [-0.25, -0.2) is 0 Å². The van der Waals surface area contributed by atoms with Crippen LogP contribution in [0.5, 0.6) is 5.75 Å². The van der Waals surface area contributed by atoms with Gasteiger partial charge < -0.3 is 14.5 Å². The van der Waals surface area contributed by atoms with Crippen molar-refractivity contribution in [3.8, 4) is 5.75 Å². The molecule has 0 radical (unpaired) electrons. The first-order valence-corrected chi connectivity index (χ1v) is 9.44. The van der Waals surface area contributed by atoms with Crippen LogP contribution in [-0.2, 0) is 6.42 Å². The van der Waals surface area contributed by atoms with Gasteiger partial charge in [0.2, 0.25) is 0 Å². The summed E-state index contributed by atoms with van der Waals surface area (Å²) < 4.78 is 4.97. The third-order valence-electron chi connectivity index (χ3n) is 5.09. The average molecular weight is 397 g/mol. The van der Waals surface area contributed by atoms with Gasteiger partial charge in [-0.2, -0.15) is 0 Å². The van der Waals surface area contributed by atoms with E-state index in [0.717, 1.165) is 6.42 Å². The summed E-state index contributed by atoms with van der Waals surface area (Å²) in [6, 6.07) is 11.7. The van der Waals surface area contributed by atoms with E-state index >= 15 is 0 Å². The molecule has 0 unspecified atom stereocenters. The van der Waals surface area contributed by atoms with Gasteiger partial charge in [0.15, 0.2) is 5.75 Å². The van der Waals surface area contributed by atoms with E-state index < -0.39 is 4.92 Å². The highest BCUT2D eigenvalue weighted by Gasteiger charge is 2.27. The van der Waals surface area contributed by atoms with Crippen molar-refractivity contribution in [2.75, 3.05) is 33.3 Å². The largest absolute Gasteiger partial charge is 0.490 e. The Bertz CT molecular complexity index is 918. The lowest BCUT2D eigenvalue weighted by Crippen LogP contribution is -2.50. The predicted molar refractivity (Wildman–Crippen MR) is 107 cm³/mol. The summed E-state index contributed by atoms with van der Waals surface area (Å²) >= 11 is 0. The Hall–Kier alpha value is -3.42. The molecule has 1 aliphatic heterocycles. The Morgan fingerprint density at radius 3 is 1.97 bits per heavy atom. The number of aryl methyl sites for hydroxylation is 1. The van der Waals surface area contributed by atoms with Crippen LogP contribution in [0, 0.1) is 10.1 Å². The second kappa shape index (κ2) is 8.72. The first kappa shape index (κ1) is 20.3. The average Bonchev–Trinajstić information content (AvgIpc) is 2.77. The molecular formula is C21H23N3O5. The first-order valence-electron chi connectivity index (χ1n) is 9.44. The van der Waals surface area contributed by atoms with Crippen LogP contribution in [0.1, 0.15) is 33.2 Å². The molecule has 2 amide bonds. The minimum absolute atomic E-state index is 0.0557. The van der Waals surface area contributed by atoms with Crippen molar-refractivity contribution < 1.29 is 19.2 Å². The number of rotatable bonds is 5. The van der Waals surface area contributed by atoms with Crippen LogP contribution in [0.15, 0.2) is 42.5 Å². The molecule has 29 heavy (non-hydrogen) atoms. The molecule has 1 aliphatic rings. The summed E-state index contributed by atoms with van der Waals surface area (Å²) in [4.78, 5) is 39.4. The highest BCUT2D eigenvalue weighted by molar-refractivity contribution is 5.96. The normalized spacial score (nSPS) is 13.9. The molecule has 1 saturated heterocycles. The summed E-state index contributed by atoms with van der Waals surface area (Å²) in [5, 5.41) is 11.2. The molecule has 1 heterocycles. The fourth-order valence-corrected chi connectivity index (χ4v) is 3.33. The molecule has 0 saturated carbocycles. The Morgan fingerprint density at radius 1 is 0.966 bits per heavy atom. The van der Waals surface area contributed by atoms with E-state index in [2.05, 4.69) is 6.92 Å². The second-order valence-corrected chi connectivity index (χ2v) is 6.78. The smallest absolute Gasteiger partial charge is 0.311 e. The van der Waals surface area contributed by atoms with E-state index in [9.17, 15) is 19.7 Å². The van der Waals surface area contributed by atoms with Crippen molar-refractivity contribution in [1.29, 1.82) is 0 Å². The number of nitrogens with zero attached hydrogens (tertiary/aromatic N) is 3. The number of hydrogen-bond donors (Lipinski definition) is 0. The molecule has 0 bridgehead atoms. The molecule has 3 rings (SSSR count). The maximum atomic E-state index is 12.8. The molecule has 8 nitrogen and oxygen atoms in total. The lowest BCUT2D eigenvalue weighted by Gasteiger charge is -2.35. The zero-order valence-electron chi connectivity index (χ0n) is 16.5.